The minimum Gasteiger partial charge on any atom is -0.368 e. The minimum atomic E-state index is -0.428. The molecule has 0 saturated heterocycles. The Kier molecular flexibility index (Phi) is 3.80. The topological polar surface area (TPSA) is 55.1 Å². The standard InChI is InChI=1S/C11H15FN2O/c1-7(14-8(2)11(13)15)9-4-3-5-10(12)6-9/h3-8,14H,1-2H3,(H2,13,15)/t7-,8?/m1/s1. The van der Waals surface area contributed by atoms with Gasteiger partial charge in [-0.25, -0.2) is 4.39 Å². The Labute approximate surface area is 88.5 Å². The van der Waals surface area contributed by atoms with Crippen LogP contribution in [-0.4, -0.2) is 11.9 Å². The Morgan fingerprint density at radius 2 is 2.13 bits per heavy atom. The van der Waals surface area contributed by atoms with Gasteiger partial charge >= 0.3 is 0 Å². The molecule has 1 rings (SSSR count). The number of nitrogens with one attached hydrogen (secondary N) is 1. The smallest absolute Gasteiger partial charge is 0.234 e. The summed E-state index contributed by atoms with van der Waals surface area (Å²) in [7, 11) is 0. The molecule has 0 bridgehead atoms. The number of carbonyl (C=O) groups excluding carboxylic acids is 1. The molecular weight excluding hydrogens is 195 g/mol. The van der Waals surface area contributed by atoms with Crippen LogP contribution in [0.4, 0.5) is 4.39 Å². The van der Waals surface area contributed by atoms with Crippen LogP contribution in [0.15, 0.2) is 24.3 Å². The third kappa shape index (κ3) is 3.32. The van der Waals surface area contributed by atoms with Gasteiger partial charge in [0.25, 0.3) is 0 Å². The molecule has 2 atom stereocenters. The molecule has 0 heterocycles. The zero-order chi connectivity index (χ0) is 11.4. The van der Waals surface area contributed by atoms with E-state index in [1.165, 1.54) is 12.1 Å². The number of nitrogens with two attached hydrogens (primary N) is 1. The van der Waals surface area contributed by atoms with Crippen molar-refractivity contribution in [2.24, 2.45) is 5.73 Å². The van der Waals surface area contributed by atoms with E-state index in [1.807, 2.05) is 6.92 Å². The molecule has 0 radical (unpaired) electrons. The van der Waals surface area contributed by atoms with Gasteiger partial charge in [0.05, 0.1) is 6.04 Å². The molecule has 1 amide bonds. The molecule has 3 N–H and O–H groups in total. The Hall–Kier alpha value is -1.42. The summed E-state index contributed by atoms with van der Waals surface area (Å²) in [5, 5.41) is 2.98. The summed E-state index contributed by atoms with van der Waals surface area (Å²) in [4.78, 5) is 10.8. The molecule has 15 heavy (non-hydrogen) atoms. The van der Waals surface area contributed by atoms with Crippen molar-refractivity contribution in [1.29, 1.82) is 0 Å². The van der Waals surface area contributed by atoms with Crippen LogP contribution in [0.1, 0.15) is 25.5 Å². The summed E-state index contributed by atoms with van der Waals surface area (Å²) < 4.78 is 12.9. The van der Waals surface area contributed by atoms with Crippen molar-refractivity contribution >= 4 is 5.91 Å². The van der Waals surface area contributed by atoms with Crippen LogP contribution in [0.3, 0.4) is 0 Å². The fourth-order valence-corrected chi connectivity index (χ4v) is 1.33. The molecule has 4 heteroatoms. The molecule has 0 saturated carbocycles. The molecule has 0 aliphatic heterocycles. The highest BCUT2D eigenvalue weighted by Crippen LogP contribution is 2.13. The third-order valence-electron chi connectivity index (χ3n) is 2.28. The monoisotopic (exact) mass is 210 g/mol. The fourth-order valence-electron chi connectivity index (χ4n) is 1.33. The van der Waals surface area contributed by atoms with Crippen LogP contribution in [0.25, 0.3) is 0 Å². The molecule has 0 aliphatic rings. The first-order valence-electron chi connectivity index (χ1n) is 4.81. The van der Waals surface area contributed by atoms with Crippen molar-refractivity contribution in [3.05, 3.63) is 35.6 Å². The average molecular weight is 210 g/mol. The highest BCUT2D eigenvalue weighted by molar-refractivity contribution is 5.79. The summed E-state index contributed by atoms with van der Waals surface area (Å²) >= 11 is 0. The average Bonchev–Trinajstić information content (AvgIpc) is 2.17. The van der Waals surface area contributed by atoms with Gasteiger partial charge in [-0.1, -0.05) is 12.1 Å². The van der Waals surface area contributed by atoms with Gasteiger partial charge in [-0.05, 0) is 31.5 Å². The van der Waals surface area contributed by atoms with Crippen molar-refractivity contribution < 1.29 is 9.18 Å². The minimum absolute atomic E-state index is 0.108. The Morgan fingerprint density at radius 3 is 2.67 bits per heavy atom. The van der Waals surface area contributed by atoms with E-state index in [0.29, 0.717) is 0 Å². The van der Waals surface area contributed by atoms with Crippen molar-refractivity contribution in [2.45, 2.75) is 25.9 Å². The predicted molar refractivity (Wildman–Crippen MR) is 56.6 cm³/mol. The quantitative estimate of drug-likeness (QED) is 0.788. The maximum atomic E-state index is 12.9. The number of primary amides is 1. The first kappa shape index (κ1) is 11.7. The van der Waals surface area contributed by atoms with Crippen LogP contribution in [0.5, 0.6) is 0 Å². The second-order valence-corrected chi connectivity index (χ2v) is 3.57. The molecule has 0 spiro atoms. The van der Waals surface area contributed by atoms with E-state index < -0.39 is 11.9 Å². The van der Waals surface area contributed by atoms with Crippen molar-refractivity contribution in [2.75, 3.05) is 0 Å². The van der Waals surface area contributed by atoms with Crippen LogP contribution in [-0.2, 0) is 4.79 Å². The lowest BCUT2D eigenvalue weighted by Crippen LogP contribution is -2.40. The summed E-state index contributed by atoms with van der Waals surface area (Å²) in [6.07, 6.45) is 0. The van der Waals surface area contributed by atoms with Gasteiger partial charge in [-0.2, -0.15) is 0 Å². The van der Waals surface area contributed by atoms with Crippen LogP contribution >= 0.6 is 0 Å². The van der Waals surface area contributed by atoms with E-state index >= 15 is 0 Å². The van der Waals surface area contributed by atoms with Gasteiger partial charge in [0.1, 0.15) is 5.82 Å². The van der Waals surface area contributed by atoms with E-state index in [0.717, 1.165) is 5.56 Å². The molecule has 1 unspecified atom stereocenters. The first-order chi connectivity index (χ1) is 7.00. The highest BCUT2D eigenvalue weighted by Gasteiger charge is 2.13. The third-order valence-corrected chi connectivity index (χ3v) is 2.28. The second kappa shape index (κ2) is 4.89. The van der Waals surface area contributed by atoms with E-state index in [4.69, 9.17) is 5.73 Å². The molecule has 1 aromatic rings. The van der Waals surface area contributed by atoms with E-state index in [-0.39, 0.29) is 11.9 Å². The lowest BCUT2D eigenvalue weighted by atomic mass is 10.1. The molecule has 82 valence electrons. The Morgan fingerprint density at radius 1 is 1.47 bits per heavy atom. The molecule has 0 aliphatic carbocycles. The van der Waals surface area contributed by atoms with Gasteiger partial charge < -0.3 is 5.73 Å². The molecule has 3 nitrogen and oxygen atoms in total. The van der Waals surface area contributed by atoms with Crippen molar-refractivity contribution in [3.63, 3.8) is 0 Å². The number of hydrogen-bond acceptors (Lipinski definition) is 2. The number of rotatable bonds is 4. The molecule has 1 aromatic carbocycles. The van der Waals surface area contributed by atoms with Crippen LogP contribution in [0.2, 0.25) is 0 Å². The number of carbonyl (C=O) groups is 1. The van der Waals surface area contributed by atoms with Gasteiger partial charge in [-0.3, -0.25) is 10.1 Å². The highest BCUT2D eigenvalue weighted by atomic mass is 19.1. The van der Waals surface area contributed by atoms with Crippen molar-refractivity contribution in [3.8, 4) is 0 Å². The summed E-state index contributed by atoms with van der Waals surface area (Å²) in [5.74, 6) is -0.703. The van der Waals surface area contributed by atoms with Gasteiger partial charge in [-0.15, -0.1) is 0 Å². The summed E-state index contributed by atoms with van der Waals surface area (Å²) in [5.41, 5.74) is 5.91. The summed E-state index contributed by atoms with van der Waals surface area (Å²) in [6.45, 7) is 3.53. The Bertz CT molecular complexity index is 354. The van der Waals surface area contributed by atoms with E-state index in [2.05, 4.69) is 5.32 Å². The van der Waals surface area contributed by atoms with Crippen molar-refractivity contribution in [1.82, 2.24) is 5.32 Å². The molecule has 0 fully saturated rings. The van der Waals surface area contributed by atoms with E-state index in [9.17, 15) is 9.18 Å². The lowest BCUT2D eigenvalue weighted by molar-refractivity contribution is -0.119. The maximum Gasteiger partial charge on any atom is 0.234 e. The second-order valence-electron chi connectivity index (χ2n) is 3.57. The summed E-state index contributed by atoms with van der Waals surface area (Å²) in [6, 6.07) is 5.72. The SMILES string of the molecule is CC(N[C@H](C)c1cccc(F)c1)C(N)=O. The predicted octanol–water partition coefficient (Wildman–Crippen LogP) is 1.35. The largest absolute Gasteiger partial charge is 0.368 e. The zero-order valence-corrected chi connectivity index (χ0v) is 8.83. The molecule has 0 aromatic heterocycles. The van der Waals surface area contributed by atoms with Crippen LogP contribution in [0, 0.1) is 5.82 Å². The number of amides is 1. The first-order valence-corrected chi connectivity index (χ1v) is 4.81. The molecular formula is C11H15FN2O. The number of halogens is 1. The fraction of sp³-hybridized carbons (Fsp3) is 0.364. The zero-order valence-electron chi connectivity index (χ0n) is 8.83. The van der Waals surface area contributed by atoms with Crippen LogP contribution < -0.4 is 11.1 Å². The lowest BCUT2D eigenvalue weighted by Gasteiger charge is -2.17. The maximum absolute atomic E-state index is 12.9. The van der Waals surface area contributed by atoms with E-state index in [1.54, 1.807) is 19.1 Å². The normalized spacial score (nSPS) is 14.6. The van der Waals surface area contributed by atoms with Gasteiger partial charge in [0.2, 0.25) is 5.91 Å². The van der Waals surface area contributed by atoms with Gasteiger partial charge in [0.15, 0.2) is 0 Å². The Balaban J connectivity index is 2.68. The number of hydrogen-bond donors (Lipinski definition) is 2. The van der Waals surface area contributed by atoms with Gasteiger partial charge in [0, 0.05) is 6.04 Å². The number of benzene rings is 1.